The van der Waals surface area contributed by atoms with Crippen molar-refractivity contribution in [1.29, 1.82) is 5.26 Å². The lowest BCUT2D eigenvalue weighted by atomic mass is 9.86. The Morgan fingerprint density at radius 3 is 1.59 bits per heavy atom. The van der Waals surface area contributed by atoms with E-state index in [-0.39, 0.29) is 11.5 Å². The number of nitrogens with zero attached hydrogens (tertiary/aromatic N) is 2. The van der Waals surface area contributed by atoms with Crippen LogP contribution >= 0.6 is 0 Å². The SMILES string of the molecule is CC(C)(C)C(C#N)N(Cc1ccccc1)Cc1ccccc1. The molecule has 22 heavy (non-hydrogen) atoms. The molecule has 0 aromatic heterocycles. The van der Waals surface area contributed by atoms with Gasteiger partial charge >= 0.3 is 0 Å². The Labute approximate surface area is 134 Å². The van der Waals surface area contributed by atoms with Gasteiger partial charge in [0.2, 0.25) is 0 Å². The van der Waals surface area contributed by atoms with Gasteiger partial charge in [-0.25, -0.2) is 0 Å². The van der Waals surface area contributed by atoms with Crippen molar-refractivity contribution in [3.8, 4) is 6.07 Å². The van der Waals surface area contributed by atoms with E-state index in [0.717, 1.165) is 13.1 Å². The molecule has 2 aromatic rings. The summed E-state index contributed by atoms with van der Waals surface area (Å²) in [5.41, 5.74) is 2.39. The zero-order chi connectivity index (χ0) is 16.0. The monoisotopic (exact) mass is 292 g/mol. The van der Waals surface area contributed by atoms with E-state index in [0.29, 0.717) is 0 Å². The number of benzene rings is 2. The average molecular weight is 292 g/mol. The summed E-state index contributed by atoms with van der Waals surface area (Å²) in [6, 6.07) is 23.1. The minimum atomic E-state index is -0.132. The molecular formula is C20H24N2. The van der Waals surface area contributed by atoms with Crippen molar-refractivity contribution in [2.24, 2.45) is 5.41 Å². The number of nitriles is 1. The fraction of sp³-hybridized carbons (Fsp3) is 0.350. The predicted molar refractivity (Wildman–Crippen MR) is 91.0 cm³/mol. The van der Waals surface area contributed by atoms with Gasteiger partial charge in [0.15, 0.2) is 0 Å². The van der Waals surface area contributed by atoms with Gasteiger partial charge in [0.05, 0.1) is 6.07 Å². The summed E-state index contributed by atoms with van der Waals surface area (Å²) in [4.78, 5) is 2.27. The largest absolute Gasteiger partial charge is 0.279 e. The normalized spacial score (nSPS) is 12.9. The second-order valence-electron chi connectivity index (χ2n) is 6.77. The van der Waals surface area contributed by atoms with Crippen LogP contribution in [0.5, 0.6) is 0 Å². The van der Waals surface area contributed by atoms with E-state index in [1.807, 2.05) is 12.1 Å². The molecule has 0 amide bonds. The highest BCUT2D eigenvalue weighted by molar-refractivity contribution is 5.18. The first-order chi connectivity index (χ1) is 10.5. The van der Waals surface area contributed by atoms with Gasteiger partial charge in [0.25, 0.3) is 0 Å². The summed E-state index contributed by atoms with van der Waals surface area (Å²) in [5, 5.41) is 9.70. The Balaban J connectivity index is 2.26. The first kappa shape index (κ1) is 16.3. The molecule has 0 aliphatic heterocycles. The van der Waals surface area contributed by atoms with E-state index in [4.69, 9.17) is 0 Å². The standard InChI is InChI=1S/C20H24N2/c1-20(2,3)19(14-21)22(15-17-10-6-4-7-11-17)16-18-12-8-5-9-13-18/h4-13,19H,15-16H2,1-3H3. The molecule has 1 unspecified atom stereocenters. The summed E-state index contributed by atoms with van der Waals surface area (Å²) in [5.74, 6) is 0. The predicted octanol–water partition coefficient (Wildman–Crippen LogP) is 4.63. The lowest BCUT2D eigenvalue weighted by Crippen LogP contribution is -2.42. The van der Waals surface area contributed by atoms with E-state index in [1.165, 1.54) is 11.1 Å². The van der Waals surface area contributed by atoms with Crippen LogP contribution in [0.1, 0.15) is 31.9 Å². The molecule has 2 nitrogen and oxygen atoms in total. The van der Waals surface area contributed by atoms with E-state index in [1.54, 1.807) is 0 Å². The molecule has 2 rings (SSSR count). The van der Waals surface area contributed by atoms with Gasteiger partial charge < -0.3 is 0 Å². The first-order valence-electron chi connectivity index (χ1n) is 7.72. The van der Waals surface area contributed by atoms with Crippen molar-refractivity contribution < 1.29 is 0 Å². The lowest BCUT2D eigenvalue weighted by Gasteiger charge is -2.35. The van der Waals surface area contributed by atoms with Gasteiger partial charge in [-0.2, -0.15) is 5.26 Å². The highest BCUT2D eigenvalue weighted by atomic mass is 15.2. The molecule has 0 saturated carbocycles. The fourth-order valence-corrected chi connectivity index (χ4v) is 2.70. The Morgan fingerprint density at radius 1 is 0.864 bits per heavy atom. The maximum atomic E-state index is 9.70. The molecular weight excluding hydrogens is 268 g/mol. The maximum absolute atomic E-state index is 9.70. The number of hydrogen-bond acceptors (Lipinski definition) is 2. The van der Waals surface area contributed by atoms with E-state index in [9.17, 15) is 5.26 Å². The molecule has 0 fully saturated rings. The summed E-state index contributed by atoms with van der Waals surface area (Å²) < 4.78 is 0. The van der Waals surface area contributed by atoms with Crippen LogP contribution in [0.3, 0.4) is 0 Å². The smallest absolute Gasteiger partial charge is 0.103 e. The van der Waals surface area contributed by atoms with Crippen molar-refractivity contribution in [2.45, 2.75) is 39.9 Å². The van der Waals surface area contributed by atoms with Crippen molar-refractivity contribution in [1.82, 2.24) is 4.90 Å². The van der Waals surface area contributed by atoms with Crippen LogP contribution in [0.2, 0.25) is 0 Å². The van der Waals surface area contributed by atoms with Crippen molar-refractivity contribution in [3.05, 3.63) is 71.8 Å². The third-order valence-corrected chi connectivity index (χ3v) is 3.76. The van der Waals surface area contributed by atoms with Crippen LogP contribution in [-0.4, -0.2) is 10.9 Å². The topological polar surface area (TPSA) is 27.0 Å². The second kappa shape index (κ2) is 7.24. The summed E-state index contributed by atoms with van der Waals surface area (Å²) in [6.45, 7) is 7.95. The minimum Gasteiger partial charge on any atom is -0.279 e. The van der Waals surface area contributed by atoms with Gasteiger partial charge in [-0.05, 0) is 16.5 Å². The zero-order valence-electron chi connectivity index (χ0n) is 13.7. The average Bonchev–Trinajstić information content (AvgIpc) is 2.48. The summed E-state index contributed by atoms with van der Waals surface area (Å²) >= 11 is 0. The second-order valence-corrected chi connectivity index (χ2v) is 6.77. The Hall–Kier alpha value is -2.11. The maximum Gasteiger partial charge on any atom is 0.103 e. The molecule has 2 aromatic carbocycles. The van der Waals surface area contributed by atoms with E-state index in [2.05, 4.69) is 80.3 Å². The number of rotatable bonds is 5. The molecule has 0 heterocycles. The molecule has 0 radical (unpaired) electrons. The molecule has 0 spiro atoms. The number of hydrogen-bond donors (Lipinski definition) is 0. The third-order valence-electron chi connectivity index (χ3n) is 3.76. The van der Waals surface area contributed by atoms with Crippen LogP contribution in [0, 0.1) is 16.7 Å². The molecule has 2 heteroatoms. The lowest BCUT2D eigenvalue weighted by molar-refractivity contribution is 0.125. The summed E-state index contributed by atoms with van der Waals surface area (Å²) in [6.07, 6.45) is 0. The highest BCUT2D eigenvalue weighted by Crippen LogP contribution is 2.27. The molecule has 0 saturated heterocycles. The Bertz CT molecular complexity index is 564. The van der Waals surface area contributed by atoms with Crippen LogP contribution in [0.15, 0.2) is 60.7 Å². The highest BCUT2D eigenvalue weighted by Gasteiger charge is 2.30. The van der Waals surface area contributed by atoms with Crippen molar-refractivity contribution in [2.75, 3.05) is 0 Å². The van der Waals surface area contributed by atoms with Gasteiger partial charge in [-0.3, -0.25) is 4.90 Å². The zero-order valence-corrected chi connectivity index (χ0v) is 13.7. The molecule has 0 bridgehead atoms. The van der Waals surface area contributed by atoms with E-state index < -0.39 is 0 Å². The van der Waals surface area contributed by atoms with Crippen molar-refractivity contribution >= 4 is 0 Å². The minimum absolute atomic E-state index is 0.0850. The van der Waals surface area contributed by atoms with Gasteiger partial charge in [-0.1, -0.05) is 81.4 Å². The fourth-order valence-electron chi connectivity index (χ4n) is 2.70. The van der Waals surface area contributed by atoms with Gasteiger partial charge in [0, 0.05) is 13.1 Å². The molecule has 1 atom stereocenters. The summed E-state index contributed by atoms with van der Waals surface area (Å²) in [7, 11) is 0. The van der Waals surface area contributed by atoms with Crippen LogP contribution in [-0.2, 0) is 13.1 Å². The van der Waals surface area contributed by atoms with Gasteiger partial charge in [0.1, 0.15) is 6.04 Å². The Kier molecular flexibility index (Phi) is 5.35. The van der Waals surface area contributed by atoms with Crippen LogP contribution in [0.25, 0.3) is 0 Å². The molecule has 0 aliphatic rings. The van der Waals surface area contributed by atoms with E-state index >= 15 is 0 Å². The first-order valence-corrected chi connectivity index (χ1v) is 7.72. The Morgan fingerprint density at radius 2 is 1.27 bits per heavy atom. The quantitative estimate of drug-likeness (QED) is 0.803. The molecule has 114 valence electrons. The van der Waals surface area contributed by atoms with Crippen LogP contribution in [0.4, 0.5) is 0 Å². The molecule has 0 aliphatic carbocycles. The van der Waals surface area contributed by atoms with Gasteiger partial charge in [-0.15, -0.1) is 0 Å². The molecule has 0 N–H and O–H groups in total. The van der Waals surface area contributed by atoms with Crippen molar-refractivity contribution in [3.63, 3.8) is 0 Å². The van der Waals surface area contributed by atoms with Crippen LogP contribution < -0.4 is 0 Å². The third kappa shape index (κ3) is 4.44.